The summed E-state index contributed by atoms with van der Waals surface area (Å²) in [5.41, 5.74) is -0.528. The van der Waals surface area contributed by atoms with E-state index in [1.54, 1.807) is 30.3 Å². The molecule has 7 nitrogen and oxygen atoms in total. The van der Waals surface area contributed by atoms with Gasteiger partial charge in [0, 0.05) is 36.1 Å². The highest BCUT2D eigenvalue weighted by molar-refractivity contribution is 7.92. The number of nitro groups is 1. The van der Waals surface area contributed by atoms with Crippen molar-refractivity contribution in [2.75, 3.05) is 5.75 Å². The van der Waals surface area contributed by atoms with Crippen molar-refractivity contribution in [2.24, 2.45) is 0 Å². The number of ketones is 1. The number of sulfone groups is 1. The van der Waals surface area contributed by atoms with Crippen LogP contribution in [0.2, 0.25) is 0 Å². The van der Waals surface area contributed by atoms with Crippen LogP contribution in [0.1, 0.15) is 37.7 Å². The summed E-state index contributed by atoms with van der Waals surface area (Å²) < 4.78 is 31.8. The molecule has 1 saturated heterocycles. The molecule has 0 amide bonds. The van der Waals surface area contributed by atoms with Crippen LogP contribution in [-0.2, 0) is 19.4 Å². The summed E-state index contributed by atoms with van der Waals surface area (Å²) in [4.78, 5) is 23.6. The Kier molecular flexibility index (Phi) is 3.66. The second kappa shape index (κ2) is 5.57. The molecule has 1 aliphatic carbocycles. The normalized spacial score (nSPS) is 32.7. The smallest absolute Gasteiger partial charge is 0.162 e. The maximum absolute atomic E-state index is 12.9. The van der Waals surface area contributed by atoms with E-state index in [0.29, 0.717) is 36.2 Å². The zero-order valence-electron chi connectivity index (χ0n) is 14.2. The molecule has 2 heterocycles. The average Bonchev–Trinajstić information content (AvgIpc) is 2.80. The number of carbonyl (C=O) groups excluding carboxylic acids is 1. The quantitative estimate of drug-likeness (QED) is 0.445. The largest absolute Gasteiger partial charge is 0.513 e. The van der Waals surface area contributed by atoms with E-state index in [9.17, 15) is 23.3 Å². The first-order chi connectivity index (χ1) is 12.3. The minimum absolute atomic E-state index is 0.132. The van der Waals surface area contributed by atoms with Crippen molar-refractivity contribution in [1.29, 1.82) is 0 Å². The van der Waals surface area contributed by atoms with Crippen LogP contribution in [0.3, 0.4) is 0 Å². The molecule has 3 atom stereocenters. The third-order valence-electron chi connectivity index (χ3n) is 5.58. The first-order valence-electron chi connectivity index (χ1n) is 8.48. The lowest BCUT2D eigenvalue weighted by Crippen LogP contribution is -2.53. The molecular formula is C18H18NO6S-. The van der Waals surface area contributed by atoms with Crippen LogP contribution < -0.4 is 0 Å². The van der Waals surface area contributed by atoms with Crippen molar-refractivity contribution in [1.82, 2.24) is 0 Å². The summed E-state index contributed by atoms with van der Waals surface area (Å²) in [5.74, 6) is -1.13. The van der Waals surface area contributed by atoms with Gasteiger partial charge in [0.25, 0.3) is 0 Å². The Morgan fingerprint density at radius 2 is 1.96 bits per heavy atom. The zero-order valence-corrected chi connectivity index (χ0v) is 15.0. The summed E-state index contributed by atoms with van der Waals surface area (Å²) in [7, 11) is -3.86. The van der Waals surface area contributed by atoms with Gasteiger partial charge in [-0.1, -0.05) is 30.3 Å². The van der Waals surface area contributed by atoms with E-state index in [-0.39, 0.29) is 11.8 Å². The summed E-state index contributed by atoms with van der Waals surface area (Å²) in [6.07, 6.45) is 1.42. The Balaban J connectivity index is 1.99. The molecule has 4 rings (SSSR count). The van der Waals surface area contributed by atoms with Crippen LogP contribution >= 0.6 is 0 Å². The van der Waals surface area contributed by atoms with Gasteiger partial charge in [-0.3, -0.25) is 14.9 Å². The van der Waals surface area contributed by atoms with E-state index in [1.165, 1.54) is 6.92 Å². The summed E-state index contributed by atoms with van der Waals surface area (Å²) in [5, 5.41) is 10.4. The van der Waals surface area contributed by atoms with E-state index < -0.39 is 37.3 Å². The number of Topliss-reactive ketones (excluding diaryl/α,β-unsaturated/α-hetero) is 1. The van der Waals surface area contributed by atoms with Gasteiger partial charge in [-0.15, -0.1) is 4.92 Å². The SMILES string of the molecule is CC12OC3=C(C(=O)CCC3)C(c3ccccc3)C1S(=O)(=O)C[C-]2[N+](=O)[O-]. The van der Waals surface area contributed by atoms with Gasteiger partial charge in [-0.2, -0.15) is 0 Å². The number of rotatable bonds is 2. The number of hydrogen-bond donors (Lipinski definition) is 0. The Morgan fingerprint density at radius 3 is 2.62 bits per heavy atom. The third kappa shape index (κ3) is 2.28. The van der Waals surface area contributed by atoms with E-state index in [4.69, 9.17) is 4.74 Å². The van der Waals surface area contributed by atoms with Gasteiger partial charge >= 0.3 is 0 Å². The van der Waals surface area contributed by atoms with Gasteiger partial charge in [0.05, 0.1) is 10.9 Å². The number of carbonyl (C=O) groups is 1. The molecule has 138 valence electrons. The van der Waals surface area contributed by atoms with Crippen LogP contribution in [0.25, 0.3) is 0 Å². The Labute approximate surface area is 151 Å². The number of hydrogen-bond acceptors (Lipinski definition) is 6. The fourth-order valence-corrected chi connectivity index (χ4v) is 7.03. The molecule has 0 N–H and O–H groups in total. The topological polar surface area (TPSA) is 104 Å². The van der Waals surface area contributed by atoms with Crippen molar-refractivity contribution in [2.45, 2.75) is 43.0 Å². The molecule has 0 aromatic heterocycles. The number of nitrogens with zero attached hydrogens (tertiary/aromatic N) is 1. The molecule has 0 saturated carbocycles. The monoisotopic (exact) mass is 376 g/mol. The second-order valence-electron chi connectivity index (χ2n) is 7.14. The van der Waals surface area contributed by atoms with Gasteiger partial charge in [0.2, 0.25) is 0 Å². The molecule has 1 aromatic carbocycles. The summed E-state index contributed by atoms with van der Waals surface area (Å²) in [6, 6.07) is 8.53. The molecular weight excluding hydrogens is 358 g/mol. The lowest BCUT2D eigenvalue weighted by atomic mass is 9.73. The van der Waals surface area contributed by atoms with Crippen molar-refractivity contribution >= 4 is 15.6 Å². The third-order valence-corrected chi connectivity index (χ3v) is 7.75. The van der Waals surface area contributed by atoms with Gasteiger partial charge in [-0.25, -0.2) is 8.42 Å². The molecule has 8 heteroatoms. The van der Waals surface area contributed by atoms with Gasteiger partial charge in [0.15, 0.2) is 5.78 Å². The molecule has 26 heavy (non-hydrogen) atoms. The van der Waals surface area contributed by atoms with Crippen molar-refractivity contribution < 1.29 is 22.9 Å². The molecule has 0 bridgehead atoms. The van der Waals surface area contributed by atoms with Crippen molar-refractivity contribution in [3.63, 3.8) is 0 Å². The van der Waals surface area contributed by atoms with Gasteiger partial charge in [-0.05, 0) is 18.9 Å². The van der Waals surface area contributed by atoms with Crippen LogP contribution in [0.15, 0.2) is 41.7 Å². The minimum Gasteiger partial charge on any atom is -0.513 e. The van der Waals surface area contributed by atoms with Crippen molar-refractivity contribution in [3.05, 3.63) is 63.4 Å². The van der Waals surface area contributed by atoms with Crippen molar-refractivity contribution in [3.8, 4) is 0 Å². The maximum Gasteiger partial charge on any atom is 0.162 e. The molecule has 0 spiro atoms. The van der Waals surface area contributed by atoms with E-state index in [2.05, 4.69) is 0 Å². The van der Waals surface area contributed by atoms with Gasteiger partial charge < -0.3 is 4.74 Å². The second-order valence-corrected chi connectivity index (χ2v) is 9.26. The molecule has 3 aliphatic rings. The predicted molar refractivity (Wildman–Crippen MR) is 92.4 cm³/mol. The standard InChI is InChI=1S/C18H18NO6S/c1-18-14(19(21)22)10-26(23,24)17(18)15(11-6-3-2-4-7-11)16-12(20)8-5-9-13(16)25-18/h2-4,6-7,15,17H,5,8-10H2,1H3/q-1. The Bertz CT molecular complexity index is 922. The minimum atomic E-state index is -3.86. The molecule has 1 aromatic rings. The number of fused-ring (bicyclic) bond motifs is 1. The van der Waals surface area contributed by atoms with E-state index >= 15 is 0 Å². The fraction of sp³-hybridized carbons (Fsp3) is 0.444. The van der Waals surface area contributed by atoms with Gasteiger partial charge in [0.1, 0.15) is 15.6 Å². The summed E-state index contributed by atoms with van der Waals surface area (Å²) >= 11 is 0. The number of allylic oxidation sites excluding steroid dienone is 2. The molecule has 3 unspecified atom stereocenters. The highest BCUT2D eigenvalue weighted by Crippen LogP contribution is 2.55. The Hall–Kier alpha value is -2.35. The lowest BCUT2D eigenvalue weighted by molar-refractivity contribution is -0.481. The first-order valence-corrected chi connectivity index (χ1v) is 10.2. The number of benzene rings is 1. The molecule has 0 radical (unpaired) electrons. The maximum atomic E-state index is 12.9. The highest BCUT2D eigenvalue weighted by Gasteiger charge is 2.62. The van der Waals surface area contributed by atoms with Crippen LogP contribution in [0, 0.1) is 16.2 Å². The first kappa shape index (κ1) is 17.1. The summed E-state index contributed by atoms with van der Waals surface area (Å²) in [6.45, 7) is 1.47. The van der Waals surface area contributed by atoms with Crippen LogP contribution in [0.4, 0.5) is 0 Å². The Morgan fingerprint density at radius 1 is 1.27 bits per heavy atom. The molecule has 1 fully saturated rings. The molecule has 2 aliphatic heterocycles. The highest BCUT2D eigenvalue weighted by atomic mass is 32.2. The fourth-order valence-electron chi connectivity index (χ4n) is 4.50. The lowest BCUT2D eigenvalue weighted by Gasteiger charge is -2.48. The van der Waals surface area contributed by atoms with E-state index in [0.717, 1.165) is 0 Å². The van der Waals surface area contributed by atoms with Crippen LogP contribution in [0.5, 0.6) is 0 Å². The predicted octanol–water partition coefficient (Wildman–Crippen LogP) is 2.17. The van der Waals surface area contributed by atoms with E-state index in [1.807, 2.05) is 0 Å². The van der Waals surface area contributed by atoms with Crippen LogP contribution in [-0.4, -0.2) is 35.7 Å². The number of ether oxygens (including phenoxy) is 1. The zero-order chi connectivity index (χ0) is 18.7. The average molecular weight is 376 g/mol.